The summed E-state index contributed by atoms with van der Waals surface area (Å²) in [5, 5.41) is 10.3. The lowest BCUT2D eigenvalue weighted by Crippen LogP contribution is -2.54. The first-order valence-corrected chi connectivity index (χ1v) is 6.97. The normalized spacial score (nSPS) is 32.0. The van der Waals surface area contributed by atoms with Crippen LogP contribution in [0.15, 0.2) is 24.3 Å². The first-order valence-electron chi connectivity index (χ1n) is 6.97. The van der Waals surface area contributed by atoms with E-state index < -0.39 is 6.10 Å². The molecule has 2 atom stereocenters. The predicted molar refractivity (Wildman–Crippen MR) is 70.2 cm³/mol. The molecule has 3 rings (SSSR count). The summed E-state index contributed by atoms with van der Waals surface area (Å²) in [6, 6.07) is 6.57. The molecule has 4 heteroatoms. The summed E-state index contributed by atoms with van der Waals surface area (Å²) in [6.07, 6.45) is 2.49. The number of hydrogen-bond donors (Lipinski definition) is 1. The summed E-state index contributed by atoms with van der Waals surface area (Å²) in [7, 11) is 0. The van der Waals surface area contributed by atoms with Crippen molar-refractivity contribution < 1.29 is 14.2 Å². The Morgan fingerprint density at radius 1 is 1.32 bits per heavy atom. The molecule has 104 valence electrons. The molecule has 19 heavy (non-hydrogen) atoms. The maximum atomic E-state index is 12.9. The van der Waals surface area contributed by atoms with Gasteiger partial charge in [0.05, 0.1) is 11.7 Å². The second-order valence-electron chi connectivity index (χ2n) is 5.64. The van der Waals surface area contributed by atoms with Gasteiger partial charge in [0.1, 0.15) is 5.82 Å². The number of piperidine rings is 1. The number of aliphatic hydroxyl groups is 1. The third kappa shape index (κ3) is 2.66. The van der Waals surface area contributed by atoms with Crippen molar-refractivity contribution in [3.63, 3.8) is 0 Å². The fourth-order valence-corrected chi connectivity index (χ4v) is 3.19. The van der Waals surface area contributed by atoms with Gasteiger partial charge >= 0.3 is 0 Å². The molecule has 1 N–H and O–H groups in total. The highest BCUT2D eigenvalue weighted by Crippen LogP contribution is 2.36. The second-order valence-corrected chi connectivity index (χ2v) is 5.64. The number of nitrogens with zero attached hydrogens (tertiary/aromatic N) is 1. The van der Waals surface area contributed by atoms with E-state index in [4.69, 9.17) is 4.74 Å². The largest absolute Gasteiger partial charge is 0.389 e. The third-order valence-corrected chi connectivity index (χ3v) is 4.34. The van der Waals surface area contributed by atoms with Crippen molar-refractivity contribution in [3.05, 3.63) is 35.6 Å². The molecule has 0 aliphatic carbocycles. The molecule has 0 saturated carbocycles. The summed E-state index contributed by atoms with van der Waals surface area (Å²) in [4.78, 5) is 2.21. The van der Waals surface area contributed by atoms with Crippen molar-refractivity contribution in [2.45, 2.75) is 37.5 Å². The van der Waals surface area contributed by atoms with Crippen molar-refractivity contribution in [2.24, 2.45) is 0 Å². The van der Waals surface area contributed by atoms with E-state index in [-0.39, 0.29) is 11.4 Å². The van der Waals surface area contributed by atoms with Gasteiger partial charge in [0.2, 0.25) is 0 Å². The Hall–Kier alpha value is -0.970. The molecule has 2 aliphatic heterocycles. The second kappa shape index (κ2) is 5.19. The van der Waals surface area contributed by atoms with Gasteiger partial charge in [-0.05, 0) is 37.0 Å². The van der Waals surface area contributed by atoms with Crippen LogP contribution in [0.5, 0.6) is 0 Å². The SMILES string of the molecule is O[C@H]1CN(Cc2ccc(F)cc2)CC[C@@]12CCCO2. The summed E-state index contributed by atoms with van der Waals surface area (Å²) in [5.41, 5.74) is 0.788. The quantitative estimate of drug-likeness (QED) is 0.887. The minimum absolute atomic E-state index is 0.208. The molecule has 2 fully saturated rings. The molecule has 2 aliphatic rings. The van der Waals surface area contributed by atoms with Crippen LogP contribution >= 0.6 is 0 Å². The smallest absolute Gasteiger partial charge is 0.123 e. The number of likely N-dealkylation sites (tertiary alicyclic amines) is 1. The highest BCUT2D eigenvalue weighted by Gasteiger charge is 2.45. The van der Waals surface area contributed by atoms with E-state index in [9.17, 15) is 9.50 Å². The van der Waals surface area contributed by atoms with E-state index in [1.54, 1.807) is 12.1 Å². The average molecular weight is 265 g/mol. The van der Waals surface area contributed by atoms with Crippen LogP contribution in [-0.4, -0.2) is 41.4 Å². The first kappa shape index (κ1) is 13.0. The number of halogens is 1. The standard InChI is InChI=1S/C15H20FNO2/c16-13-4-2-12(3-5-13)10-17-8-7-15(14(18)11-17)6-1-9-19-15/h2-5,14,18H,1,6-11H2/t14-,15-/m0/s1. The fraction of sp³-hybridized carbons (Fsp3) is 0.600. The van der Waals surface area contributed by atoms with Crippen molar-refractivity contribution >= 4 is 0 Å². The van der Waals surface area contributed by atoms with Gasteiger partial charge in [-0.15, -0.1) is 0 Å². The van der Waals surface area contributed by atoms with Crippen LogP contribution in [0.4, 0.5) is 4.39 Å². The van der Waals surface area contributed by atoms with Crippen LogP contribution < -0.4 is 0 Å². The van der Waals surface area contributed by atoms with E-state index in [2.05, 4.69) is 4.90 Å². The van der Waals surface area contributed by atoms with Gasteiger partial charge in [-0.2, -0.15) is 0 Å². The van der Waals surface area contributed by atoms with Gasteiger partial charge in [0.25, 0.3) is 0 Å². The molecule has 0 radical (unpaired) electrons. The van der Waals surface area contributed by atoms with Crippen LogP contribution in [-0.2, 0) is 11.3 Å². The Morgan fingerprint density at radius 3 is 2.74 bits per heavy atom. The van der Waals surface area contributed by atoms with Crippen LogP contribution in [0.1, 0.15) is 24.8 Å². The number of benzene rings is 1. The zero-order chi connectivity index (χ0) is 13.3. The summed E-state index contributed by atoms with van der Waals surface area (Å²) >= 11 is 0. The number of rotatable bonds is 2. The van der Waals surface area contributed by atoms with Gasteiger partial charge in [0, 0.05) is 26.2 Å². The Kier molecular flexibility index (Phi) is 3.56. The van der Waals surface area contributed by atoms with Crippen LogP contribution in [0, 0.1) is 5.82 Å². The van der Waals surface area contributed by atoms with Gasteiger partial charge in [0.15, 0.2) is 0 Å². The van der Waals surface area contributed by atoms with Crippen LogP contribution in [0.3, 0.4) is 0 Å². The molecule has 0 aromatic heterocycles. The molecule has 1 aromatic carbocycles. The molecule has 0 bridgehead atoms. The van der Waals surface area contributed by atoms with Crippen LogP contribution in [0.25, 0.3) is 0 Å². The minimum Gasteiger partial charge on any atom is -0.389 e. The van der Waals surface area contributed by atoms with E-state index in [0.29, 0.717) is 6.54 Å². The molecule has 0 unspecified atom stereocenters. The highest BCUT2D eigenvalue weighted by atomic mass is 19.1. The maximum absolute atomic E-state index is 12.9. The van der Waals surface area contributed by atoms with Crippen molar-refractivity contribution in [2.75, 3.05) is 19.7 Å². The number of β-amino-alcohol motifs (C(OH)–C–C–N with tert-alkyl or cyclic N) is 1. The fourth-order valence-electron chi connectivity index (χ4n) is 3.19. The maximum Gasteiger partial charge on any atom is 0.123 e. The number of hydrogen-bond acceptors (Lipinski definition) is 3. The Bertz CT molecular complexity index is 428. The van der Waals surface area contributed by atoms with E-state index in [0.717, 1.165) is 44.5 Å². The lowest BCUT2D eigenvalue weighted by molar-refractivity contribution is -0.130. The van der Waals surface area contributed by atoms with Gasteiger partial charge in [-0.1, -0.05) is 12.1 Å². The Morgan fingerprint density at radius 2 is 2.11 bits per heavy atom. The van der Waals surface area contributed by atoms with E-state index in [1.807, 2.05) is 0 Å². The molecule has 0 amide bonds. The summed E-state index contributed by atoms with van der Waals surface area (Å²) < 4.78 is 18.6. The Balaban J connectivity index is 1.61. The molecule has 2 saturated heterocycles. The molecule has 2 heterocycles. The summed E-state index contributed by atoms with van der Waals surface area (Å²) in [5.74, 6) is -0.208. The lowest BCUT2D eigenvalue weighted by Gasteiger charge is -2.42. The zero-order valence-electron chi connectivity index (χ0n) is 11.0. The summed E-state index contributed by atoms with van der Waals surface area (Å²) in [6.45, 7) is 3.09. The minimum atomic E-state index is -0.413. The molecule has 1 spiro atoms. The van der Waals surface area contributed by atoms with E-state index >= 15 is 0 Å². The lowest BCUT2D eigenvalue weighted by atomic mass is 9.86. The third-order valence-electron chi connectivity index (χ3n) is 4.34. The van der Waals surface area contributed by atoms with Crippen molar-refractivity contribution in [3.8, 4) is 0 Å². The number of aliphatic hydroxyl groups excluding tert-OH is 1. The average Bonchev–Trinajstić information content (AvgIpc) is 2.87. The predicted octanol–water partition coefficient (Wildman–Crippen LogP) is 1.94. The first-order chi connectivity index (χ1) is 9.18. The van der Waals surface area contributed by atoms with Crippen molar-refractivity contribution in [1.29, 1.82) is 0 Å². The number of ether oxygens (including phenoxy) is 1. The zero-order valence-corrected chi connectivity index (χ0v) is 11.0. The van der Waals surface area contributed by atoms with E-state index in [1.165, 1.54) is 12.1 Å². The molecule has 1 aromatic rings. The molecule has 3 nitrogen and oxygen atoms in total. The Labute approximate surface area is 113 Å². The van der Waals surface area contributed by atoms with Gasteiger partial charge in [-0.3, -0.25) is 4.90 Å². The monoisotopic (exact) mass is 265 g/mol. The molecular weight excluding hydrogens is 245 g/mol. The van der Waals surface area contributed by atoms with Gasteiger partial charge < -0.3 is 9.84 Å². The highest BCUT2D eigenvalue weighted by molar-refractivity contribution is 5.16. The molecular formula is C15H20FNO2. The van der Waals surface area contributed by atoms with Crippen LogP contribution in [0.2, 0.25) is 0 Å². The van der Waals surface area contributed by atoms with Gasteiger partial charge in [-0.25, -0.2) is 4.39 Å². The van der Waals surface area contributed by atoms with Crippen molar-refractivity contribution in [1.82, 2.24) is 4.90 Å². The topological polar surface area (TPSA) is 32.7 Å².